The maximum Gasteiger partial charge on any atom is 0.321 e. The zero-order chi connectivity index (χ0) is 22.5. The number of pyridine rings is 2. The van der Waals surface area contributed by atoms with Gasteiger partial charge < -0.3 is 10.6 Å². The highest BCUT2D eigenvalue weighted by Crippen LogP contribution is 2.23. The standard InChI is InChI=1S/C23H23N7O2/c1-3-25-23(32)28-22-27-20-13-18(17-10-7-11-24-14-17)12-19(30(20)29-22)21(31)26-15(2)16-8-5-4-6-9-16/h4-15H,3H2,1-2H3,(H,26,31)(H2,25,28,29,32)/t15-/m0/s1. The van der Waals surface area contributed by atoms with Crippen LogP contribution in [0, 0.1) is 0 Å². The number of nitrogens with one attached hydrogen (secondary N) is 3. The fraction of sp³-hybridized carbons (Fsp3) is 0.174. The molecule has 0 radical (unpaired) electrons. The average molecular weight is 429 g/mol. The Morgan fingerprint density at radius 3 is 2.59 bits per heavy atom. The van der Waals surface area contributed by atoms with Crippen molar-refractivity contribution < 1.29 is 9.59 Å². The van der Waals surface area contributed by atoms with Crippen LogP contribution in [0.3, 0.4) is 0 Å². The van der Waals surface area contributed by atoms with E-state index in [0.29, 0.717) is 17.9 Å². The summed E-state index contributed by atoms with van der Waals surface area (Å²) < 4.78 is 1.43. The molecule has 1 atom stereocenters. The van der Waals surface area contributed by atoms with E-state index in [9.17, 15) is 9.59 Å². The second kappa shape index (κ2) is 9.25. The largest absolute Gasteiger partial charge is 0.344 e. The van der Waals surface area contributed by atoms with E-state index in [-0.39, 0.29) is 17.9 Å². The Morgan fingerprint density at radius 2 is 1.88 bits per heavy atom. The zero-order valence-electron chi connectivity index (χ0n) is 17.7. The van der Waals surface area contributed by atoms with Crippen LogP contribution in [0.15, 0.2) is 67.0 Å². The molecule has 32 heavy (non-hydrogen) atoms. The van der Waals surface area contributed by atoms with Gasteiger partial charge in [0.15, 0.2) is 5.65 Å². The van der Waals surface area contributed by atoms with E-state index >= 15 is 0 Å². The Morgan fingerprint density at radius 1 is 1.06 bits per heavy atom. The lowest BCUT2D eigenvalue weighted by Gasteiger charge is -2.15. The van der Waals surface area contributed by atoms with Crippen LogP contribution in [0.5, 0.6) is 0 Å². The number of amides is 3. The van der Waals surface area contributed by atoms with Gasteiger partial charge in [-0.25, -0.2) is 9.31 Å². The molecule has 3 aromatic heterocycles. The van der Waals surface area contributed by atoms with Crippen molar-refractivity contribution >= 4 is 23.5 Å². The van der Waals surface area contributed by atoms with Crippen LogP contribution in [-0.2, 0) is 0 Å². The number of anilines is 1. The van der Waals surface area contributed by atoms with Crippen molar-refractivity contribution in [2.45, 2.75) is 19.9 Å². The summed E-state index contributed by atoms with van der Waals surface area (Å²) in [4.78, 5) is 33.7. The molecule has 3 amide bonds. The van der Waals surface area contributed by atoms with Crippen molar-refractivity contribution in [3.8, 4) is 11.1 Å². The van der Waals surface area contributed by atoms with Gasteiger partial charge in [0.05, 0.1) is 6.04 Å². The molecule has 0 aliphatic rings. The number of nitrogens with zero attached hydrogens (tertiary/aromatic N) is 4. The topological polar surface area (TPSA) is 113 Å². The Bertz CT molecular complexity index is 1240. The van der Waals surface area contributed by atoms with Crippen LogP contribution in [0.2, 0.25) is 0 Å². The smallest absolute Gasteiger partial charge is 0.321 e. The molecule has 0 bridgehead atoms. The predicted octanol–water partition coefficient (Wildman–Crippen LogP) is 3.42. The molecule has 9 nitrogen and oxygen atoms in total. The normalized spacial score (nSPS) is 11.7. The molecule has 0 aliphatic heterocycles. The van der Waals surface area contributed by atoms with Gasteiger partial charge in [-0.1, -0.05) is 36.4 Å². The van der Waals surface area contributed by atoms with Crippen molar-refractivity contribution in [1.29, 1.82) is 0 Å². The molecular formula is C23H23N7O2. The number of aromatic nitrogens is 4. The molecule has 0 unspecified atom stereocenters. The van der Waals surface area contributed by atoms with Crippen LogP contribution in [-0.4, -0.2) is 38.1 Å². The summed E-state index contributed by atoms with van der Waals surface area (Å²) in [5, 5.41) is 12.6. The van der Waals surface area contributed by atoms with Gasteiger partial charge in [-0.3, -0.25) is 15.1 Å². The molecule has 3 heterocycles. The number of rotatable bonds is 6. The number of hydrogen-bond donors (Lipinski definition) is 3. The van der Waals surface area contributed by atoms with E-state index in [2.05, 4.69) is 31.0 Å². The summed E-state index contributed by atoms with van der Waals surface area (Å²) in [5.41, 5.74) is 3.30. The van der Waals surface area contributed by atoms with E-state index in [4.69, 9.17) is 0 Å². The van der Waals surface area contributed by atoms with Crippen molar-refractivity contribution in [3.63, 3.8) is 0 Å². The number of hydrogen-bond acceptors (Lipinski definition) is 5. The van der Waals surface area contributed by atoms with Crippen molar-refractivity contribution in [2.75, 3.05) is 11.9 Å². The third kappa shape index (κ3) is 4.56. The molecule has 4 rings (SSSR count). The number of fused-ring (bicyclic) bond motifs is 1. The zero-order valence-corrected chi connectivity index (χ0v) is 17.7. The minimum atomic E-state index is -0.417. The SMILES string of the molecule is CCNC(=O)Nc1nc2cc(-c3cccnc3)cc(C(=O)N[C@@H](C)c3ccccc3)n2n1. The first kappa shape index (κ1) is 21.0. The molecule has 0 saturated carbocycles. The summed E-state index contributed by atoms with van der Waals surface area (Å²) in [6.07, 6.45) is 3.40. The first-order valence-electron chi connectivity index (χ1n) is 10.3. The van der Waals surface area contributed by atoms with Crippen LogP contribution in [0.25, 0.3) is 16.8 Å². The van der Waals surface area contributed by atoms with Gasteiger partial charge >= 0.3 is 6.03 Å². The molecule has 3 N–H and O–H groups in total. The molecule has 0 aliphatic carbocycles. The van der Waals surface area contributed by atoms with E-state index in [1.165, 1.54) is 4.52 Å². The number of carbonyl (C=O) groups is 2. The maximum atomic E-state index is 13.2. The summed E-state index contributed by atoms with van der Waals surface area (Å²) in [6, 6.07) is 16.3. The molecule has 1 aromatic carbocycles. The third-order valence-corrected chi connectivity index (χ3v) is 4.87. The molecular weight excluding hydrogens is 406 g/mol. The van der Waals surface area contributed by atoms with Gasteiger partial charge in [-0.05, 0) is 43.2 Å². The number of carbonyl (C=O) groups excluding carboxylic acids is 2. The minimum Gasteiger partial charge on any atom is -0.344 e. The summed E-state index contributed by atoms with van der Waals surface area (Å²) in [6.45, 7) is 4.20. The molecule has 9 heteroatoms. The predicted molar refractivity (Wildman–Crippen MR) is 121 cm³/mol. The Hall–Kier alpha value is -4.27. The lowest BCUT2D eigenvalue weighted by atomic mass is 10.1. The van der Waals surface area contributed by atoms with Gasteiger partial charge in [-0.2, -0.15) is 4.98 Å². The van der Waals surface area contributed by atoms with E-state index in [1.807, 2.05) is 56.3 Å². The second-order valence-electron chi connectivity index (χ2n) is 7.17. The highest BCUT2D eigenvalue weighted by atomic mass is 16.2. The summed E-state index contributed by atoms with van der Waals surface area (Å²) in [7, 11) is 0. The highest BCUT2D eigenvalue weighted by molar-refractivity contribution is 5.95. The third-order valence-electron chi connectivity index (χ3n) is 4.87. The minimum absolute atomic E-state index is 0.101. The highest BCUT2D eigenvalue weighted by Gasteiger charge is 2.19. The van der Waals surface area contributed by atoms with Crippen LogP contribution in [0.4, 0.5) is 10.7 Å². The average Bonchev–Trinajstić information content (AvgIpc) is 3.21. The number of urea groups is 1. The Balaban J connectivity index is 1.73. The van der Waals surface area contributed by atoms with Gasteiger partial charge in [0.25, 0.3) is 11.9 Å². The van der Waals surface area contributed by atoms with Gasteiger partial charge in [0.1, 0.15) is 5.69 Å². The first-order chi connectivity index (χ1) is 15.5. The van der Waals surface area contributed by atoms with E-state index < -0.39 is 6.03 Å². The Kier molecular flexibility index (Phi) is 6.07. The number of benzene rings is 1. The summed E-state index contributed by atoms with van der Waals surface area (Å²) in [5.74, 6) is -0.212. The van der Waals surface area contributed by atoms with Crippen molar-refractivity contribution in [2.24, 2.45) is 0 Å². The molecule has 0 spiro atoms. The van der Waals surface area contributed by atoms with Gasteiger partial charge in [0, 0.05) is 24.5 Å². The first-order valence-corrected chi connectivity index (χ1v) is 10.3. The lowest BCUT2D eigenvalue weighted by molar-refractivity contribution is 0.0932. The maximum absolute atomic E-state index is 13.2. The van der Waals surface area contributed by atoms with Crippen LogP contribution in [0.1, 0.15) is 35.9 Å². The fourth-order valence-corrected chi connectivity index (χ4v) is 3.30. The molecule has 162 valence electrons. The quantitative estimate of drug-likeness (QED) is 0.435. The van der Waals surface area contributed by atoms with E-state index in [1.54, 1.807) is 24.5 Å². The van der Waals surface area contributed by atoms with E-state index in [0.717, 1.165) is 16.7 Å². The Labute approximate surface area is 184 Å². The van der Waals surface area contributed by atoms with Crippen LogP contribution < -0.4 is 16.0 Å². The molecule has 0 fully saturated rings. The monoisotopic (exact) mass is 429 g/mol. The fourth-order valence-electron chi connectivity index (χ4n) is 3.30. The van der Waals surface area contributed by atoms with Crippen LogP contribution >= 0.6 is 0 Å². The van der Waals surface area contributed by atoms with Crippen molar-refractivity contribution in [3.05, 3.63) is 78.2 Å². The lowest BCUT2D eigenvalue weighted by Crippen LogP contribution is -2.29. The molecule has 4 aromatic rings. The van der Waals surface area contributed by atoms with Crippen molar-refractivity contribution in [1.82, 2.24) is 30.2 Å². The van der Waals surface area contributed by atoms with Gasteiger partial charge in [-0.15, -0.1) is 5.10 Å². The second-order valence-corrected chi connectivity index (χ2v) is 7.17. The summed E-state index contributed by atoms with van der Waals surface area (Å²) >= 11 is 0. The van der Waals surface area contributed by atoms with Gasteiger partial charge in [0.2, 0.25) is 0 Å². The molecule has 0 saturated heterocycles.